The van der Waals surface area contributed by atoms with E-state index in [2.05, 4.69) is 41.8 Å². The number of hydrogen-bond acceptors (Lipinski definition) is 3. The molecule has 2 aliphatic rings. The molecule has 0 aliphatic carbocycles. The Kier molecular flexibility index (Phi) is 5.81. The molecular formula is C23H28N4O2. The summed E-state index contributed by atoms with van der Waals surface area (Å²) in [4.78, 5) is 29.2. The van der Waals surface area contributed by atoms with Crippen LogP contribution in [0.3, 0.4) is 0 Å². The summed E-state index contributed by atoms with van der Waals surface area (Å²) in [5, 5.41) is 6.28. The van der Waals surface area contributed by atoms with Crippen molar-refractivity contribution in [2.75, 3.05) is 37.6 Å². The quantitative estimate of drug-likeness (QED) is 0.841. The summed E-state index contributed by atoms with van der Waals surface area (Å²) in [5.74, 6) is 0.00957. The maximum absolute atomic E-state index is 13.4. The van der Waals surface area contributed by atoms with Gasteiger partial charge in [0.2, 0.25) is 0 Å². The topological polar surface area (TPSA) is 64.7 Å². The molecule has 0 saturated carbocycles. The highest BCUT2D eigenvalue weighted by atomic mass is 16.2. The number of benzene rings is 2. The van der Waals surface area contributed by atoms with Crippen LogP contribution in [0.15, 0.2) is 48.5 Å². The Bertz CT molecular complexity index is 881. The van der Waals surface area contributed by atoms with Gasteiger partial charge in [0.05, 0.1) is 6.04 Å². The molecule has 6 nitrogen and oxygen atoms in total. The number of amides is 3. The van der Waals surface area contributed by atoms with Crippen molar-refractivity contribution in [1.82, 2.24) is 15.5 Å². The molecule has 6 heteroatoms. The van der Waals surface area contributed by atoms with Gasteiger partial charge in [-0.3, -0.25) is 9.69 Å². The van der Waals surface area contributed by atoms with Crippen molar-refractivity contribution in [3.05, 3.63) is 65.2 Å². The fourth-order valence-electron chi connectivity index (χ4n) is 4.07. The Morgan fingerprint density at radius 1 is 1.10 bits per heavy atom. The molecule has 3 amide bonds. The Hall–Kier alpha value is -2.86. The highest BCUT2D eigenvalue weighted by Crippen LogP contribution is 2.26. The fourth-order valence-corrected chi connectivity index (χ4v) is 4.07. The van der Waals surface area contributed by atoms with Crippen LogP contribution in [0.1, 0.15) is 40.9 Å². The molecule has 2 N–H and O–H groups in total. The van der Waals surface area contributed by atoms with Crippen molar-refractivity contribution in [3.63, 3.8) is 0 Å². The molecule has 29 heavy (non-hydrogen) atoms. The zero-order valence-corrected chi connectivity index (χ0v) is 16.9. The molecule has 2 aromatic carbocycles. The normalized spacial score (nSPS) is 19.8. The van der Waals surface area contributed by atoms with Gasteiger partial charge in [0.15, 0.2) is 0 Å². The van der Waals surface area contributed by atoms with Gasteiger partial charge in [-0.25, -0.2) is 4.79 Å². The van der Waals surface area contributed by atoms with Gasteiger partial charge in [-0.2, -0.15) is 0 Å². The smallest absolute Gasteiger partial charge is 0.321 e. The van der Waals surface area contributed by atoms with E-state index in [1.807, 2.05) is 29.2 Å². The van der Waals surface area contributed by atoms with Crippen LogP contribution in [-0.2, 0) is 6.42 Å². The van der Waals surface area contributed by atoms with Crippen LogP contribution in [0.4, 0.5) is 10.5 Å². The van der Waals surface area contributed by atoms with Crippen molar-refractivity contribution in [3.8, 4) is 0 Å². The van der Waals surface area contributed by atoms with E-state index in [0.717, 1.165) is 37.2 Å². The van der Waals surface area contributed by atoms with Gasteiger partial charge < -0.3 is 15.5 Å². The lowest BCUT2D eigenvalue weighted by molar-refractivity contribution is 0.0634. The van der Waals surface area contributed by atoms with E-state index in [9.17, 15) is 9.59 Å². The van der Waals surface area contributed by atoms with Crippen molar-refractivity contribution in [2.45, 2.75) is 25.8 Å². The second-order valence-electron chi connectivity index (χ2n) is 7.60. The van der Waals surface area contributed by atoms with E-state index in [1.165, 1.54) is 5.56 Å². The third kappa shape index (κ3) is 4.12. The van der Waals surface area contributed by atoms with E-state index in [0.29, 0.717) is 25.2 Å². The third-order valence-electron chi connectivity index (χ3n) is 5.76. The first kappa shape index (κ1) is 19.5. The minimum Gasteiger partial charge on any atom is -0.338 e. The molecule has 2 heterocycles. The first-order valence-electron chi connectivity index (χ1n) is 10.4. The van der Waals surface area contributed by atoms with E-state index in [1.54, 1.807) is 4.90 Å². The Labute approximate surface area is 171 Å². The van der Waals surface area contributed by atoms with Gasteiger partial charge in [0, 0.05) is 44.0 Å². The SMILES string of the molecule is CCc1ccc(C2CNCCN2C(=O)c2cccc(N3CCCNC3=O)c2)cc1. The Morgan fingerprint density at radius 3 is 2.69 bits per heavy atom. The zero-order chi connectivity index (χ0) is 20.2. The maximum atomic E-state index is 13.4. The highest BCUT2D eigenvalue weighted by molar-refractivity contribution is 5.98. The molecule has 2 saturated heterocycles. The lowest BCUT2D eigenvalue weighted by Crippen LogP contribution is -2.49. The van der Waals surface area contributed by atoms with Crippen molar-refractivity contribution in [1.29, 1.82) is 0 Å². The number of nitrogens with zero attached hydrogens (tertiary/aromatic N) is 2. The van der Waals surface area contributed by atoms with Crippen molar-refractivity contribution < 1.29 is 9.59 Å². The van der Waals surface area contributed by atoms with Crippen LogP contribution in [0.25, 0.3) is 0 Å². The Morgan fingerprint density at radius 2 is 1.93 bits per heavy atom. The standard InChI is InChI=1S/C23H28N4O2/c1-2-17-7-9-18(10-8-17)21-16-24-12-14-27(21)22(28)19-5-3-6-20(15-19)26-13-4-11-25-23(26)29/h3,5-10,15,21,24H,2,4,11-14,16H2,1H3,(H,25,29). The molecule has 0 spiro atoms. The maximum Gasteiger partial charge on any atom is 0.321 e. The number of carbonyl (C=O) groups is 2. The molecule has 152 valence electrons. The lowest BCUT2D eigenvalue weighted by atomic mass is 10.00. The molecule has 4 rings (SSSR count). The van der Waals surface area contributed by atoms with Gasteiger partial charge in [-0.1, -0.05) is 37.3 Å². The van der Waals surface area contributed by atoms with Gasteiger partial charge in [0.1, 0.15) is 0 Å². The van der Waals surface area contributed by atoms with E-state index >= 15 is 0 Å². The van der Waals surface area contributed by atoms with Crippen LogP contribution < -0.4 is 15.5 Å². The first-order valence-corrected chi connectivity index (χ1v) is 10.4. The largest absolute Gasteiger partial charge is 0.338 e. The van der Waals surface area contributed by atoms with Gasteiger partial charge in [0.25, 0.3) is 5.91 Å². The summed E-state index contributed by atoms with van der Waals surface area (Å²) in [7, 11) is 0. The van der Waals surface area contributed by atoms with Crippen molar-refractivity contribution in [2.24, 2.45) is 0 Å². The molecular weight excluding hydrogens is 364 g/mol. The molecule has 2 fully saturated rings. The number of rotatable bonds is 4. The summed E-state index contributed by atoms with van der Waals surface area (Å²) < 4.78 is 0. The number of nitrogens with one attached hydrogen (secondary N) is 2. The first-order chi connectivity index (χ1) is 14.2. The Balaban J connectivity index is 1.58. The average molecular weight is 393 g/mol. The molecule has 2 aromatic rings. The molecule has 1 unspecified atom stereocenters. The molecule has 0 radical (unpaired) electrons. The zero-order valence-electron chi connectivity index (χ0n) is 16.9. The van der Waals surface area contributed by atoms with Crippen molar-refractivity contribution >= 4 is 17.6 Å². The van der Waals surface area contributed by atoms with Crippen LogP contribution in [0, 0.1) is 0 Å². The second kappa shape index (κ2) is 8.66. The van der Waals surface area contributed by atoms with E-state index in [-0.39, 0.29) is 18.0 Å². The summed E-state index contributed by atoms with van der Waals surface area (Å²) in [6.45, 7) is 5.70. The molecule has 1 atom stereocenters. The number of aryl methyl sites for hydroxylation is 1. The summed E-state index contributed by atoms with van der Waals surface area (Å²) in [6, 6.07) is 15.9. The number of urea groups is 1. The van der Waals surface area contributed by atoms with E-state index in [4.69, 9.17) is 0 Å². The third-order valence-corrected chi connectivity index (χ3v) is 5.76. The van der Waals surface area contributed by atoms with Gasteiger partial charge in [-0.05, 0) is 42.2 Å². The summed E-state index contributed by atoms with van der Waals surface area (Å²) >= 11 is 0. The number of hydrogen-bond donors (Lipinski definition) is 2. The predicted molar refractivity (Wildman–Crippen MR) is 114 cm³/mol. The summed E-state index contributed by atoms with van der Waals surface area (Å²) in [5.41, 5.74) is 3.84. The van der Waals surface area contributed by atoms with Crippen LogP contribution >= 0.6 is 0 Å². The lowest BCUT2D eigenvalue weighted by Gasteiger charge is -2.37. The molecule has 0 aromatic heterocycles. The average Bonchev–Trinajstić information content (AvgIpc) is 2.79. The van der Waals surface area contributed by atoms with E-state index < -0.39 is 0 Å². The van der Waals surface area contributed by atoms with Gasteiger partial charge >= 0.3 is 6.03 Å². The molecule has 0 bridgehead atoms. The van der Waals surface area contributed by atoms with Crippen LogP contribution in [-0.4, -0.2) is 49.6 Å². The molecule has 2 aliphatic heterocycles. The minimum absolute atomic E-state index is 0.00379. The highest BCUT2D eigenvalue weighted by Gasteiger charge is 2.29. The second-order valence-corrected chi connectivity index (χ2v) is 7.60. The number of carbonyl (C=O) groups excluding carboxylic acids is 2. The predicted octanol–water partition coefficient (Wildman–Crippen LogP) is 2.96. The monoisotopic (exact) mass is 392 g/mol. The number of piperazine rings is 1. The summed E-state index contributed by atoms with van der Waals surface area (Å²) in [6.07, 6.45) is 1.90. The van der Waals surface area contributed by atoms with Crippen LogP contribution in [0.2, 0.25) is 0 Å². The number of anilines is 1. The van der Waals surface area contributed by atoms with Gasteiger partial charge in [-0.15, -0.1) is 0 Å². The fraction of sp³-hybridized carbons (Fsp3) is 0.391. The van der Waals surface area contributed by atoms with Crippen LogP contribution in [0.5, 0.6) is 0 Å². The minimum atomic E-state index is -0.100.